The van der Waals surface area contributed by atoms with Crippen LogP contribution in [0.4, 0.5) is 0 Å². The largest absolute Gasteiger partial charge is 0.466 e. The minimum atomic E-state index is 0.218. The Morgan fingerprint density at radius 2 is 2.11 bits per heavy atom. The van der Waals surface area contributed by atoms with E-state index >= 15 is 0 Å². The van der Waals surface area contributed by atoms with Crippen LogP contribution in [0, 0.1) is 13.8 Å². The Labute approximate surface area is 110 Å². The smallest absolute Gasteiger partial charge is 0.251 e. The highest BCUT2D eigenvalue weighted by atomic mass is 32.2. The number of thioether (sulfide) groups is 1. The molecule has 0 bridgehead atoms. The summed E-state index contributed by atoms with van der Waals surface area (Å²) in [6, 6.07) is 1.89. The molecular weight excluding hydrogens is 252 g/mol. The van der Waals surface area contributed by atoms with E-state index in [9.17, 15) is 0 Å². The van der Waals surface area contributed by atoms with Gasteiger partial charge in [0.25, 0.3) is 5.89 Å². The van der Waals surface area contributed by atoms with E-state index in [0.29, 0.717) is 17.5 Å². The van der Waals surface area contributed by atoms with Gasteiger partial charge in [0, 0.05) is 6.61 Å². The Kier molecular flexibility index (Phi) is 4.43. The van der Waals surface area contributed by atoms with Gasteiger partial charge in [-0.1, -0.05) is 0 Å². The molecule has 0 unspecified atom stereocenters. The number of rotatable bonds is 6. The maximum absolute atomic E-state index is 8.67. The van der Waals surface area contributed by atoms with Crippen LogP contribution in [0.3, 0.4) is 0 Å². The highest BCUT2D eigenvalue weighted by Gasteiger charge is 2.14. The van der Waals surface area contributed by atoms with Gasteiger partial charge in [0.2, 0.25) is 5.89 Å². The van der Waals surface area contributed by atoms with E-state index in [0.717, 1.165) is 29.3 Å². The Morgan fingerprint density at radius 1 is 1.28 bits per heavy atom. The van der Waals surface area contributed by atoms with Crippen molar-refractivity contribution in [2.24, 2.45) is 0 Å². The topological polar surface area (TPSA) is 72.3 Å². The summed E-state index contributed by atoms with van der Waals surface area (Å²) in [5.74, 6) is 4.28. The van der Waals surface area contributed by atoms with Gasteiger partial charge in [0.15, 0.2) is 0 Å². The zero-order valence-electron chi connectivity index (χ0n) is 10.5. The van der Waals surface area contributed by atoms with Crippen molar-refractivity contribution < 1.29 is 13.9 Å². The van der Waals surface area contributed by atoms with Crippen LogP contribution in [0.25, 0.3) is 11.5 Å². The summed E-state index contributed by atoms with van der Waals surface area (Å²) in [4.78, 5) is 0. The standard InChI is InChI=1S/C12H16N2O3S/c1-8-6-10(9(2)16-8)12-14-13-11(17-12)7-18-5-3-4-15/h6,15H,3-5,7H2,1-2H3. The zero-order valence-corrected chi connectivity index (χ0v) is 11.3. The van der Waals surface area contributed by atoms with Gasteiger partial charge < -0.3 is 13.9 Å². The first-order valence-electron chi connectivity index (χ1n) is 5.79. The van der Waals surface area contributed by atoms with Gasteiger partial charge in [0.1, 0.15) is 11.5 Å². The number of aliphatic hydroxyl groups is 1. The van der Waals surface area contributed by atoms with E-state index in [-0.39, 0.29) is 6.61 Å². The van der Waals surface area contributed by atoms with Crippen LogP contribution in [-0.4, -0.2) is 27.7 Å². The molecule has 0 aliphatic rings. The molecular formula is C12H16N2O3S. The molecule has 0 radical (unpaired) electrons. The van der Waals surface area contributed by atoms with Crippen molar-refractivity contribution in [3.05, 3.63) is 23.5 Å². The van der Waals surface area contributed by atoms with Crippen LogP contribution < -0.4 is 0 Å². The van der Waals surface area contributed by atoms with E-state index in [1.165, 1.54) is 0 Å². The van der Waals surface area contributed by atoms with Gasteiger partial charge in [-0.15, -0.1) is 10.2 Å². The number of furan rings is 1. The van der Waals surface area contributed by atoms with E-state index in [1.807, 2.05) is 19.9 Å². The maximum atomic E-state index is 8.67. The summed E-state index contributed by atoms with van der Waals surface area (Å²) in [5.41, 5.74) is 0.853. The Hall–Kier alpha value is -1.27. The second-order valence-corrected chi connectivity index (χ2v) is 5.06. The molecule has 98 valence electrons. The average molecular weight is 268 g/mol. The van der Waals surface area contributed by atoms with Crippen LogP contribution in [-0.2, 0) is 5.75 Å². The summed E-state index contributed by atoms with van der Waals surface area (Å²) in [7, 11) is 0. The maximum Gasteiger partial charge on any atom is 0.251 e. The molecule has 18 heavy (non-hydrogen) atoms. The Bertz CT molecular complexity index is 507. The molecule has 2 rings (SSSR count). The first kappa shape index (κ1) is 13.2. The molecule has 2 aromatic rings. The highest BCUT2D eigenvalue weighted by Crippen LogP contribution is 2.26. The third-order valence-electron chi connectivity index (χ3n) is 2.41. The molecule has 0 amide bonds. The molecule has 0 atom stereocenters. The van der Waals surface area contributed by atoms with Crippen LogP contribution in [0.1, 0.15) is 23.8 Å². The second-order valence-electron chi connectivity index (χ2n) is 3.96. The van der Waals surface area contributed by atoms with E-state index in [1.54, 1.807) is 11.8 Å². The predicted octanol–water partition coefficient (Wildman–Crippen LogP) is 2.56. The summed E-state index contributed by atoms with van der Waals surface area (Å²) in [5, 5.41) is 16.7. The van der Waals surface area contributed by atoms with Crippen molar-refractivity contribution in [1.29, 1.82) is 0 Å². The molecule has 0 aliphatic heterocycles. The molecule has 2 heterocycles. The first-order chi connectivity index (χ1) is 8.70. The van der Waals surface area contributed by atoms with Crippen LogP contribution >= 0.6 is 11.8 Å². The highest BCUT2D eigenvalue weighted by molar-refractivity contribution is 7.98. The molecule has 6 heteroatoms. The average Bonchev–Trinajstić information content (AvgIpc) is 2.91. The number of hydrogen-bond acceptors (Lipinski definition) is 6. The predicted molar refractivity (Wildman–Crippen MR) is 69.3 cm³/mol. The van der Waals surface area contributed by atoms with Crippen molar-refractivity contribution in [3.63, 3.8) is 0 Å². The SMILES string of the molecule is Cc1cc(-c2nnc(CSCCCO)o2)c(C)o1. The van der Waals surface area contributed by atoms with E-state index < -0.39 is 0 Å². The van der Waals surface area contributed by atoms with Crippen LogP contribution in [0.5, 0.6) is 0 Å². The van der Waals surface area contributed by atoms with E-state index in [2.05, 4.69) is 10.2 Å². The first-order valence-corrected chi connectivity index (χ1v) is 6.94. The monoisotopic (exact) mass is 268 g/mol. The van der Waals surface area contributed by atoms with Gasteiger partial charge >= 0.3 is 0 Å². The second kappa shape index (κ2) is 6.06. The minimum absolute atomic E-state index is 0.218. The molecule has 0 aliphatic carbocycles. The summed E-state index contributed by atoms with van der Waals surface area (Å²) < 4.78 is 11.0. The van der Waals surface area contributed by atoms with Gasteiger partial charge in [-0.25, -0.2) is 0 Å². The molecule has 0 saturated heterocycles. The number of hydrogen-bond donors (Lipinski definition) is 1. The van der Waals surface area contributed by atoms with Gasteiger partial charge in [0.05, 0.1) is 11.3 Å². The Balaban J connectivity index is 1.99. The number of aryl methyl sites for hydroxylation is 2. The molecule has 5 nitrogen and oxygen atoms in total. The summed E-state index contributed by atoms with van der Waals surface area (Å²) in [6.07, 6.45) is 0.783. The molecule has 0 saturated carbocycles. The van der Waals surface area contributed by atoms with E-state index in [4.69, 9.17) is 13.9 Å². The summed E-state index contributed by atoms with van der Waals surface area (Å²) in [6.45, 7) is 3.98. The van der Waals surface area contributed by atoms with Crippen molar-refractivity contribution in [2.75, 3.05) is 12.4 Å². The quantitative estimate of drug-likeness (QED) is 0.812. The molecule has 0 fully saturated rings. The van der Waals surface area contributed by atoms with Crippen LogP contribution in [0.2, 0.25) is 0 Å². The van der Waals surface area contributed by atoms with Crippen molar-refractivity contribution in [3.8, 4) is 11.5 Å². The fourth-order valence-corrected chi connectivity index (χ4v) is 2.36. The van der Waals surface area contributed by atoms with Crippen LogP contribution in [0.15, 0.2) is 14.9 Å². The fraction of sp³-hybridized carbons (Fsp3) is 0.500. The molecule has 0 spiro atoms. The number of aliphatic hydroxyl groups excluding tert-OH is 1. The summed E-state index contributed by atoms with van der Waals surface area (Å²) >= 11 is 1.67. The fourth-order valence-electron chi connectivity index (χ4n) is 1.59. The zero-order chi connectivity index (χ0) is 13.0. The molecule has 1 N–H and O–H groups in total. The lowest BCUT2D eigenvalue weighted by molar-refractivity contribution is 0.296. The Morgan fingerprint density at radius 3 is 2.78 bits per heavy atom. The van der Waals surface area contributed by atoms with Crippen molar-refractivity contribution >= 4 is 11.8 Å². The normalized spacial score (nSPS) is 11.1. The van der Waals surface area contributed by atoms with Gasteiger partial charge in [-0.3, -0.25) is 0 Å². The number of aromatic nitrogens is 2. The lowest BCUT2D eigenvalue weighted by atomic mass is 10.2. The molecule has 0 aromatic carbocycles. The number of nitrogens with zero attached hydrogens (tertiary/aromatic N) is 2. The van der Waals surface area contributed by atoms with Gasteiger partial charge in [-0.2, -0.15) is 11.8 Å². The van der Waals surface area contributed by atoms with Crippen molar-refractivity contribution in [2.45, 2.75) is 26.0 Å². The lowest BCUT2D eigenvalue weighted by Crippen LogP contribution is -1.87. The third-order valence-corrected chi connectivity index (χ3v) is 3.44. The molecule has 2 aromatic heterocycles. The van der Waals surface area contributed by atoms with Crippen molar-refractivity contribution in [1.82, 2.24) is 10.2 Å². The third kappa shape index (κ3) is 3.14. The van der Waals surface area contributed by atoms with Gasteiger partial charge in [-0.05, 0) is 32.1 Å². The minimum Gasteiger partial charge on any atom is -0.466 e. The lowest BCUT2D eigenvalue weighted by Gasteiger charge is -1.94.